The molecule has 0 aliphatic carbocycles. The standard InChI is InChI=1S/C15H19FN2O/c1-2-18-14(11-17-5-7-19-8-6-17)9-12-3-4-13(16)10-15(12)18/h3-4,9-10H,2,5-8,11H2,1H3. The van der Waals surface area contributed by atoms with Crippen molar-refractivity contribution < 1.29 is 9.13 Å². The number of halogens is 1. The summed E-state index contributed by atoms with van der Waals surface area (Å²) >= 11 is 0. The van der Waals surface area contributed by atoms with Crippen LogP contribution in [0.2, 0.25) is 0 Å². The van der Waals surface area contributed by atoms with Crippen LogP contribution in [0.5, 0.6) is 0 Å². The molecule has 0 unspecified atom stereocenters. The van der Waals surface area contributed by atoms with Gasteiger partial charge in [-0.3, -0.25) is 4.90 Å². The Labute approximate surface area is 112 Å². The molecule has 19 heavy (non-hydrogen) atoms. The predicted molar refractivity (Wildman–Crippen MR) is 73.7 cm³/mol. The van der Waals surface area contributed by atoms with E-state index in [4.69, 9.17) is 4.74 Å². The Hall–Kier alpha value is -1.39. The molecule has 2 aromatic rings. The zero-order valence-electron chi connectivity index (χ0n) is 11.2. The molecule has 0 radical (unpaired) electrons. The minimum Gasteiger partial charge on any atom is -0.379 e. The van der Waals surface area contributed by atoms with Gasteiger partial charge >= 0.3 is 0 Å². The fourth-order valence-corrected chi connectivity index (χ4v) is 2.78. The Balaban J connectivity index is 1.93. The van der Waals surface area contributed by atoms with Gasteiger partial charge in [0.1, 0.15) is 5.82 Å². The lowest BCUT2D eigenvalue weighted by Crippen LogP contribution is -2.36. The van der Waals surface area contributed by atoms with E-state index in [0.717, 1.165) is 50.3 Å². The molecule has 0 atom stereocenters. The van der Waals surface area contributed by atoms with E-state index in [9.17, 15) is 4.39 Å². The number of hydrogen-bond acceptors (Lipinski definition) is 2. The maximum absolute atomic E-state index is 13.4. The number of hydrogen-bond donors (Lipinski definition) is 0. The molecule has 0 amide bonds. The van der Waals surface area contributed by atoms with Gasteiger partial charge in [-0.25, -0.2) is 4.39 Å². The first-order chi connectivity index (χ1) is 9.28. The van der Waals surface area contributed by atoms with Gasteiger partial charge in [0.05, 0.1) is 18.7 Å². The molecule has 1 fully saturated rings. The van der Waals surface area contributed by atoms with Crippen molar-refractivity contribution in [2.24, 2.45) is 0 Å². The van der Waals surface area contributed by atoms with Gasteiger partial charge in [-0.15, -0.1) is 0 Å². The van der Waals surface area contributed by atoms with Crippen molar-refractivity contribution in [2.75, 3.05) is 26.3 Å². The van der Waals surface area contributed by atoms with Gasteiger partial charge in [-0.05, 0) is 31.2 Å². The number of morpholine rings is 1. The zero-order chi connectivity index (χ0) is 13.2. The summed E-state index contributed by atoms with van der Waals surface area (Å²) in [7, 11) is 0. The number of aryl methyl sites for hydroxylation is 1. The molecule has 3 nitrogen and oxygen atoms in total. The van der Waals surface area contributed by atoms with Crippen molar-refractivity contribution in [1.29, 1.82) is 0 Å². The third kappa shape index (κ3) is 2.51. The van der Waals surface area contributed by atoms with Crippen LogP contribution in [0.15, 0.2) is 24.3 Å². The molecule has 0 saturated carbocycles. The van der Waals surface area contributed by atoms with E-state index in [1.54, 1.807) is 6.07 Å². The van der Waals surface area contributed by atoms with Gasteiger partial charge in [-0.2, -0.15) is 0 Å². The second-order valence-corrected chi connectivity index (χ2v) is 4.97. The zero-order valence-corrected chi connectivity index (χ0v) is 11.2. The van der Waals surface area contributed by atoms with E-state index in [2.05, 4.69) is 22.5 Å². The number of rotatable bonds is 3. The van der Waals surface area contributed by atoms with E-state index in [0.29, 0.717) is 0 Å². The highest BCUT2D eigenvalue weighted by Crippen LogP contribution is 2.22. The van der Waals surface area contributed by atoms with Crippen LogP contribution >= 0.6 is 0 Å². The van der Waals surface area contributed by atoms with Crippen molar-refractivity contribution in [2.45, 2.75) is 20.0 Å². The van der Waals surface area contributed by atoms with Gasteiger partial charge in [0.2, 0.25) is 0 Å². The normalized spacial score (nSPS) is 17.2. The minimum absolute atomic E-state index is 0.168. The lowest BCUT2D eigenvalue weighted by atomic mass is 10.2. The lowest BCUT2D eigenvalue weighted by molar-refractivity contribution is 0.0332. The second-order valence-electron chi connectivity index (χ2n) is 4.97. The van der Waals surface area contributed by atoms with Gasteiger partial charge < -0.3 is 9.30 Å². The molecule has 0 N–H and O–H groups in total. The average molecular weight is 262 g/mol. The molecule has 1 aliphatic heterocycles. The molecule has 0 spiro atoms. The Morgan fingerprint density at radius 2 is 2.00 bits per heavy atom. The van der Waals surface area contributed by atoms with Gasteiger partial charge in [-0.1, -0.05) is 0 Å². The minimum atomic E-state index is -0.168. The number of ether oxygens (including phenoxy) is 1. The summed E-state index contributed by atoms with van der Waals surface area (Å²) in [6, 6.07) is 7.19. The molecule has 1 aromatic carbocycles. The number of aromatic nitrogens is 1. The monoisotopic (exact) mass is 262 g/mol. The van der Waals surface area contributed by atoms with Crippen molar-refractivity contribution in [1.82, 2.24) is 9.47 Å². The molecule has 4 heteroatoms. The maximum atomic E-state index is 13.4. The first-order valence-electron chi connectivity index (χ1n) is 6.85. The third-order valence-electron chi connectivity index (χ3n) is 3.76. The van der Waals surface area contributed by atoms with E-state index in [-0.39, 0.29) is 5.82 Å². The Kier molecular flexibility index (Phi) is 3.53. The van der Waals surface area contributed by atoms with Crippen LogP contribution in [0.4, 0.5) is 4.39 Å². The highest BCUT2D eigenvalue weighted by molar-refractivity contribution is 5.81. The summed E-state index contributed by atoms with van der Waals surface area (Å²) in [5.74, 6) is -0.168. The molecule has 102 valence electrons. The fraction of sp³-hybridized carbons (Fsp3) is 0.467. The number of nitrogens with zero attached hydrogens (tertiary/aromatic N) is 2. The van der Waals surface area contributed by atoms with Gasteiger partial charge in [0.15, 0.2) is 0 Å². The Morgan fingerprint density at radius 3 is 2.74 bits per heavy atom. The summed E-state index contributed by atoms with van der Waals surface area (Å²) in [6.45, 7) is 7.44. The topological polar surface area (TPSA) is 17.4 Å². The van der Waals surface area contributed by atoms with Crippen molar-refractivity contribution >= 4 is 10.9 Å². The van der Waals surface area contributed by atoms with Crippen LogP contribution in [0.3, 0.4) is 0 Å². The first-order valence-corrected chi connectivity index (χ1v) is 6.85. The van der Waals surface area contributed by atoms with Gasteiger partial charge in [0, 0.05) is 37.3 Å². The van der Waals surface area contributed by atoms with E-state index in [1.807, 2.05) is 6.07 Å². The van der Waals surface area contributed by atoms with Crippen LogP contribution in [-0.2, 0) is 17.8 Å². The van der Waals surface area contributed by atoms with E-state index in [1.165, 1.54) is 11.8 Å². The smallest absolute Gasteiger partial charge is 0.125 e. The molecule has 1 aromatic heterocycles. The summed E-state index contributed by atoms with van der Waals surface area (Å²) in [6.07, 6.45) is 0. The molecule has 1 aliphatic rings. The van der Waals surface area contributed by atoms with Crippen LogP contribution in [0.25, 0.3) is 10.9 Å². The van der Waals surface area contributed by atoms with Crippen LogP contribution in [0.1, 0.15) is 12.6 Å². The van der Waals surface area contributed by atoms with Gasteiger partial charge in [0.25, 0.3) is 0 Å². The van der Waals surface area contributed by atoms with Crippen LogP contribution in [0, 0.1) is 5.82 Å². The highest BCUT2D eigenvalue weighted by atomic mass is 19.1. The van der Waals surface area contributed by atoms with Crippen molar-refractivity contribution in [3.63, 3.8) is 0 Å². The lowest BCUT2D eigenvalue weighted by Gasteiger charge is -2.26. The molecule has 1 saturated heterocycles. The number of fused-ring (bicyclic) bond motifs is 1. The Morgan fingerprint density at radius 1 is 1.21 bits per heavy atom. The fourth-order valence-electron chi connectivity index (χ4n) is 2.78. The SMILES string of the molecule is CCn1c(CN2CCOCC2)cc2ccc(F)cc21. The molecule has 0 bridgehead atoms. The van der Waals surface area contributed by atoms with Crippen LogP contribution in [-0.4, -0.2) is 35.8 Å². The highest BCUT2D eigenvalue weighted by Gasteiger charge is 2.14. The molecular formula is C15H19FN2O. The van der Waals surface area contributed by atoms with Crippen molar-refractivity contribution in [3.8, 4) is 0 Å². The molecular weight excluding hydrogens is 243 g/mol. The second kappa shape index (κ2) is 5.31. The quantitative estimate of drug-likeness (QED) is 0.846. The van der Waals surface area contributed by atoms with E-state index >= 15 is 0 Å². The van der Waals surface area contributed by atoms with Crippen molar-refractivity contribution in [3.05, 3.63) is 35.8 Å². The first kappa shape index (κ1) is 12.6. The largest absolute Gasteiger partial charge is 0.379 e. The maximum Gasteiger partial charge on any atom is 0.125 e. The number of benzene rings is 1. The van der Waals surface area contributed by atoms with Crippen LogP contribution < -0.4 is 0 Å². The summed E-state index contributed by atoms with van der Waals surface area (Å²) < 4.78 is 21.0. The summed E-state index contributed by atoms with van der Waals surface area (Å²) in [5, 5.41) is 1.12. The summed E-state index contributed by atoms with van der Waals surface area (Å²) in [4.78, 5) is 2.39. The average Bonchev–Trinajstić information content (AvgIpc) is 2.76. The predicted octanol–water partition coefficient (Wildman–Crippen LogP) is 2.63. The summed E-state index contributed by atoms with van der Waals surface area (Å²) in [5.41, 5.74) is 2.25. The molecule has 2 heterocycles. The van der Waals surface area contributed by atoms with E-state index < -0.39 is 0 Å². The third-order valence-corrected chi connectivity index (χ3v) is 3.76. The Bertz CT molecular complexity index is 573. The molecule has 3 rings (SSSR count).